The molecule has 2 atom stereocenters. The first-order valence-corrected chi connectivity index (χ1v) is 9.48. The van der Waals surface area contributed by atoms with Gasteiger partial charge in [-0.05, 0) is 43.7 Å². The van der Waals surface area contributed by atoms with Crippen molar-refractivity contribution in [3.05, 3.63) is 40.7 Å². The Bertz CT molecular complexity index is 827. The normalized spacial score (nSPS) is 23.4. The maximum Gasteiger partial charge on any atom is 0.224 e. The van der Waals surface area contributed by atoms with Crippen molar-refractivity contribution in [2.75, 3.05) is 6.54 Å². The van der Waals surface area contributed by atoms with Gasteiger partial charge in [0, 0.05) is 24.4 Å². The fourth-order valence-electron chi connectivity index (χ4n) is 4.62. The van der Waals surface area contributed by atoms with Crippen LogP contribution >= 0.6 is 0 Å². The molecule has 1 saturated heterocycles. The number of aryl methyl sites for hydroxylation is 1. The molecule has 0 bridgehead atoms. The SMILES string of the molecule is O=C(CCn1ncc(=O)c2ccccc21)N1CCC[C@@H]2CCCC[C@@H]21. The Balaban J connectivity index is 1.49. The number of amides is 1. The molecule has 0 spiro atoms. The lowest BCUT2D eigenvalue weighted by molar-refractivity contribution is -0.137. The Morgan fingerprint density at radius 2 is 1.92 bits per heavy atom. The summed E-state index contributed by atoms with van der Waals surface area (Å²) in [5.41, 5.74) is 0.733. The fourth-order valence-corrected chi connectivity index (χ4v) is 4.62. The smallest absolute Gasteiger partial charge is 0.224 e. The summed E-state index contributed by atoms with van der Waals surface area (Å²) in [5, 5.41) is 4.90. The van der Waals surface area contributed by atoms with Crippen molar-refractivity contribution in [3.8, 4) is 0 Å². The topological polar surface area (TPSA) is 55.2 Å². The van der Waals surface area contributed by atoms with Crippen LogP contribution in [0.25, 0.3) is 10.9 Å². The molecule has 0 radical (unpaired) electrons. The first-order valence-electron chi connectivity index (χ1n) is 9.48. The Labute approximate surface area is 147 Å². The van der Waals surface area contributed by atoms with E-state index < -0.39 is 0 Å². The number of para-hydroxylation sites is 1. The lowest BCUT2D eigenvalue weighted by Crippen LogP contribution is -2.49. The first-order chi connectivity index (χ1) is 12.2. The molecule has 2 aromatic rings. The first kappa shape index (κ1) is 16.3. The maximum atomic E-state index is 12.9. The number of carbonyl (C=O) groups excluding carboxylic acids is 1. The van der Waals surface area contributed by atoms with E-state index in [1.54, 1.807) is 4.68 Å². The van der Waals surface area contributed by atoms with Crippen molar-refractivity contribution >= 4 is 16.8 Å². The van der Waals surface area contributed by atoms with Gasteiger partial charge in [0.2, 0.25) is 11.3 Å². The van der Waals surface area contributed by atoms with E-state index in [4.69, 9.17) is 0 Å². The van der Waals surface area contributed by atoms with E-state index >= 15 is 0 Å². The minimum Gasteiger partial charge on any atom is -0.339 e. The Hall–Kier alpha value is -2.17. The monoisotopic (exact) mass is 339 g/mol. The molecule has 5 nitrogen and oxygen atoms in total. The van der Waals surface area contributed by atoms with Crippen LogP contribution in [0.15, 0.2) is 35.3 Å². The Kier molecular flexibility index (Phi) is 4.55. The molecule has 1 aliphatic heterocycles. The quantitative estimate of drug-likeness (QED) is 0.864. The number of hydrogen-bond donors (Lipinski definition) is 0. The highest BCUT2D eigenvalue weighted by Crippen LogP contribution is 2.35. The second kappa shape index (κ2) is 6.98. The zero-order valence-corrected chi connectivity index (χ0v) is 14.6. The second-order valence-corrected chi connectivity index (χ2v) is 7.34. The predicted octanol–water partition coefficient (Wildman–Crippen LogP) is 2.97. The van der Waals surface area contributed by atoms with Crippen LogP contribution in [0.4, 0.5) is 0 Å². The number of carbonyl (C=O) groups is 1. The summed E-state index contributed by atoms with van der Waals surface area (Å²) in [6.45, 7) is 1.42. The van der Waals surface area contributed by atoms with Crippen LogP contribution in [-0.2, 0) is 11.3 Å². The van der Waals surface area contributed by atoms with Crippen LogP contribution in [0.2, 0.25) is 0 Å². The van der Waals surface area contributed by atoms with E-state index in [0.29, 0.717) is 30.3 Å². The molecule has 4 rings (SSSR count). The lowest BCUT2D eigenvalue weighted by atomic mass is 9.78. The lowest BCUT2D eigenvalue weighted by Gasteiger charge is -2.44. The molecule has 0 N–H and O–H groups in total. The van der Waals surface area contributed by atoms with Gasteiger partial charge in [0.05, 0.1) is 18.3 Å². The number of nitrogens with zero attached hydrogens (tertiary/aromatic N) is 3. The molecular weight excluding hydrogens is 314 g/mol. The summed E-state index contributed by atoms with van der Waals surface area (Å²) in [5.74, 6) is 0.944. The summed E-state index contributed by atoms with van der Waals surface area (Å²) >= 11 is 0. The highest BCUT2D eigenvalue weighted by Gasteiger charge is 2.35. The predicted molar refractivity (Wildman–Crippen MR) is 97.3 cm³/mol. The molecule has 5 heteroatoms. The minimum absolute atomic E-state index is 0.0701. The van der Waals surface area contributed by atoms with Crippen LogP contribution in [0.1, 0.15) is 44.9 Å². The van der Waals surface area contributed by atoms with Gasteiger partial charge >= 0.3 is 0 Å². The summed E-state index contributed by atoms with van der Waals surface area (Å²) in [6.07, 6.45) is 9.21. The zero-order valence-electron chi connectivity index (χ0n) is 14.6. The number of hydrogen-bond acceptors (Lipinski definition) is 3. The highest BCUT2D eigenvalue weighted by molar-refractivity contribution is 5.79. The third-order valence-electron chi connectivity index (χ3n) is 5.86. The molecule has 0 unspecified atom stereocenters. The van der Waals surface area contributed by atoms with Gasteiger partial charge in [0.15, 0.2) is 0 Å². The number of fused-ring (bicyclic) bond motifs is 2. The summed E-state index contributed by atoms with van der Waals surface area (Å²) in [7, 11) is 0. The van der Waals surface area contributed by atoms with Gasteiger partial charge < -0.3 is 4.90 Å². The number of aromatic nitrogens is 2. The molecule has 1 aliphatic carbocycles. The van der Waals surface area contributed by atoms with Crippen molar-refractivity contribution in [1.82, 2.24) is 14.7 Å². The molecule has 132 valence electrons. The summed E-state index contributed by atoms with van der Waals surface area (Å²) in [4.78, 5) is 26.9. The summed E-state index contributed by atoms with van der Waals surface area (Å²) < 4.78 is 1.79. The van der Waals surface area contributed by atoms with Gasteiger partial charge in [0.25, 0.3) is 0 Å². The van der Waals surface area contributed by atoms with Crippen molar-refractivity contribution in [1.29, 1.82) is 0 Å². The molecule has 1 amide bonds. The molecule has 25 heavy (non-hydrogen) atoms. The average Bonchev–Trinajstić information content (AvgIpc) is 2.67. The van der Waals surface area contributed by atoms with Crippen LogP contribution < -0.4 is 5.43 Å². The highest BCUT2D eigenvalue weighted by atomic mass is 16.2. The van der Waals surface area contributed by atoms with Gasteiger partial charge in [0.1, 0.15) is 0 Å². The largest absolute Gasteiger partial charge is 0.339 e. The number of rotatable bonds is 3. The number of likely N-dealkylation sites (tertiary alicyclic amines) is 1. The van der Waals surface area contributed by atoms with Crippen LogP contribution in [0.3, 0.4) is 0 Å². The zero-order chi connectivity index (χ0) is 17.2. The average molecular weight is 339 g/mol. The Morgan fingerprint density at radius 1 is 1.12 bits per heavy atom. The fraction of sp³-hybridized carbons (Fsp3) is 0.550. The van der Waals surface area contributed by atoms with Crippen molar-refractivity contribution in [3.63, 3.8) is 0 Å². The summed E-state index contributed by atoms with van der Waals surface area (Å²) in [6, 6.07) is 7.92. The van der Waals surface area contributed by atoms with Crippen molar-refractivity contribution in [2.24, 2.45) is 5.92 Å². The molecular formula is C20H25N3O2. The van der Waals surface area contributed by atoms with Crippen molar-refractivity contribution in [2.45, 2.75) is 57.5 Å². The van der Waals surface area contributed by atoms with E-state index in [9.17, 15) is 9.59 Å². The molecule has 1 saturated carbocycles. The van der Waals surface area contributed by atoms with Gasteiger partial charge in [-0.3, -0.25) is 14.3 Å². The molecule has 2 aliphatic rings. The maximum absolute atomic E-state index is 12.9. The molecule has 1 aromatic carbocycles. The van der Waals surface area contributed by atoms with E-state index in [1.165, 1.54) is 31.9 Å². The van der Waals surface area contributed by atoms with Gasteiger partial charge in [-0.25, -0.2) is 0 Å². The number of benzene rings is 1. The van der Waals surface area contributed by atoms with Crippen molar-refractivity contribution < 1.29 is 4.79 Å². The van der Waals surface area contributed by atoms with Crippen LogP contribution in [-0.4, -0.2) is 33.2 Å². The number of piperidine rings is 1. The third-order valence-corrected chi connectivity index (χ3v) is 5.86. The van der Waals surface area contributed by atoms with Gasteiger partial charge in [-0.15, -0.1) is 0 Å². The Morgan fingerprint density at radius 3 is 2.84 bits per heavy atom. The van der Waals surface area contributed by atoms with Gasteiger partial charge in [-0.2, -0.15) is 5.10 Å². The second-order valence-electron chi connectivity index (χ2n) is 7.34. The van der Waals surface area contributed by atoms with Crippen LogP contribution in [0.5, 0.6) is 0 Å². The van der Waals surface area contributed by atoms with Crippen LogP contribution in [0, 0.1) is 5.92 Å². The molecule has 1 aromatic heterocycles. The van der Waals surface area contributed by atoms with Gasteiger partial charge in [-0.1, -0.05) is 25.0 Å². The molecule has 2 fully saturated rings. The third kappa shape index (κ3) is 3.20. The van der Waals surface area contributed by atoms with E-state index in [2.05, 4.69) is 10.00 Å². The standard InChI is InChI=1S/C20H25N3O2/c24-19-14-21-23(18-10-4-2-8-16(18)19)13-11-20(25)22-12-5-7-15-6-1-3-9-17(15)22/h2,4,8,10,14-15,17H,1,3,5-7,9,11-13H2/t15-,17-/m0/s1. The van der Waals surface area contributed by atoms with E-state index in [0.717, 1.165) is 24.9 Å². The minimum atomic E-state index is -0.0701. The van der Waals surface area contributed by atoms with E-state index in [-0.39, 0.29) is 11.3 Å². The molecule has 2 heterocycles. The van der Waals surface area contributed by atoms with E-state index in [1.807, 2.05) is 24.3 Å².